The van der Waals surface area contributed by atoms with Gasteiger partial charge in [-0.25, -0.2) is 4.79 Å². The van der Waals surface area contributed by atoms with Crippen molar-refractivity contribution >= 4 is 23.9 Å². The van der Waals surface area contributed by atoms with E-state index in [1.165, 1.54) is 14.0 Å². The first kappa shape index (κ1) is 23.1. The Balaban J connectivity index is 2.48. The third kappa shape index (κ3) is 9.13. The van der Waals surface area contributed by atoms with E-state index in [2.05, 4.69) is 20.4 Å². The average molecular weight is 391 g/mol. The van der Waals surface area contributed by atoms with Gasteiger partial charge in [-0.2, -0.15) is 4.79 Å². The summed E-state index contributed by atoms with van der Waals surface area (Å²) in [5.74, 6) is -1.63. The standard InChI is InChI=1S/C18H25N5O5/c1-13(27-2)17(25)23-16(4-3-15(24)12-22-19)18(26)28-10-9-21-11-14-5-7-20-8-6-14/h5-8,12-13,16,21H,3-4,9-11H2,1-2H3,(H,23,25)/t13-,16+/m1/s1. The van der Waals surface area contributed by atoms with Gasteiger partial charge in [0, 0.05) is 39.0 Å². The molecule has 2 atom stereocenters. The van der Waals surface area contributed by atoms with Crippen LogP contribution in [-0.4, -0.2) is 66.1 Å². The average Bonchev–Trinajstić information content (AvgIpc) is 2.70. The minimum absolute atomic E-state index is 0.0102. The number of pyridine rings is 1. The molecule has 2 N–H and O–H groups in total. The largest absolute Gasteiger partial charge is 0.463 e. The van der Waals surface area contributed by atoms with Crippen LogP contribution in [-0.2, 0) is 30.4 Å². The lowest BCUT2D eigenvalue weighted by atomic mass is 10.1. The van der Waals surface area contributed by atoms with Crippen molar-refractivity contribution in [2.75, 3.05) is 20.3 Å². The van der Waals surface area contributed by atoms with Gasteiger partial charge in [0.15, 0.2) is 0 Å². The maximum Gasteiger partial charge on any atom is 0.328 e. The lowest BCUT2D eigenvalue weighted by Gasteiger charge is -2.19. The fraction of sp³-hybridized carbons (Fsp3) is 0.500. The quantitative estimate of drug-likeness (QED) is 0.157. The van der Waals surface area contributed by atoms with Crippen LogP contribution in [0.15, 0.2) is 24.5 Å². The molecule has 1 aromatic rings. The Bertz CT molecular complexity index is 691. The van der Waals surface area contributed by atoms with Gasteiger partial charge in [-0.15, -0.1) is 0 Å². The first-order valence-corrected chi connectivity index (χ1v) is 8.77. The van der Waals surface area contributed by atoms with Gasteiger partial charge in [-0.05, 0) is 31.0 Å². The zero-order valence-electron chi connectivity index (χ0n) is 16.0. The van der Waals surface area contributed by atoms with Crippen LogP contribution in [0.3, 0.4) is 0 Å². The second-order valence-corrected chi connectivity index (χ2v) is 5.89. The van der Waals surface area contributed by atoms with Crippen molar-refractivity contribution in [2.45, 2.75) is 38.5 Å². The van der Waals surface area contributed by atoms with E-state index >= 15 is 0 Å². The van der Waals surface area contributed by atoms with Gasteiger partial charge < -0.3 is 25.6 Å². The second-order valence-electron chi connectivity index (χ2n) is 5.89. The number of Topliss-reactive ketones (excluding diaryl/α,β-unsaturated/α-hetero) is 1. The highest BCUT2D eigenvalue weighted by Crippen LogP contribution is 2.03. The van der Waals surface area contributed by atoms with E-state index in [0.29, 0.717) is 13.1 Å². The van der Waals surface area contributed by atoms with Crippen LogP contribution in [0.2, 0.25) is 0 Å². The summed E-state index contributed by atoms with van der Waals surface area (Å²) in [7, 11) is 1.37. The van der Waals surface area contributed by atoms with Crippen LogP contribution in [0.5, 0.6) is 0 Å². The maximum atomic E-state index is 12.3. The molecule has 0 saturated carbocycles. The fourth-order valence-corrected chi connectivity index (χ4v) is 2.12. The molecule has 1 aromatic heterocycles. The van der Waals surface area contributed by atoms with E-state index in [0.717, 1.165) is 11.8 Å². The van der Waals surface area contributed by atoms with Gasteiger partial charge >= 0.3 is 12.2 Å². The Morgan fingerprint density at radius 3 is 2.68 bits per heavy atom. The SMILES string of the molecule is CO[C@H](C)C(=O)N[C@@H](CCC(=O)C=[N+]=[N-])C(=O)OCCNCc1ccncc1. The Morgan fingerprint density at radius 2 is 2.04 bits per heavy atom. The highest BCUT2D eigenvalue weighted by atomic mass is 16.5. The molecule has 28 heavy (non-hydrogen) atoms. The molecule has 0 aliphatic carbocycles. The van der Waals surface area contributed by atoms with Gasteiger partial charge in [0.2, 0.25) is 11.7 Å². The molecule has 0 radical (unpaired) electrons. The van der Waals surface area contributed by atoms with Gasteiger partial charge in [-0.3, -0.25) is 14.6 Å². The van der Waals surface area contributed by atoms with Crippen molar-refractivity contribution in [2.24, 2.45) is 0 Å². The van der Waals surface area contributed by atoms with Crippen molar-refractivity contribution < 1.29 is 28.6 Å². The molecule has 0 unspecified atom stereocenters. The van der Waals surface area contributed by atoms with E-state index in [1.54, 1.807) is 12.4 Å². The molecule has 1 rings (SSSR count). The monoisotopic (exact) mass is 391 g/mol. The molecular formula is C18H25N5O5. The Hall–Kier alpha value is -2.94. The molecule has 10 nitrogen and oxygen atoms in total. The van der Waals surface area contributed by atoms with Gasteiger partial charge in [0.05, 0.1) is 0 Å². The summed E-state index contributed by atoms with van der Waals surface area (Å²) >= 11 is 0. The minimum atomic E-state index is -1.01. The van der Waals surface area contributed by atoms with Crippen LogP contribution in [0.1, 0.15) is 25.3 Å². The molecule has 1 heterocycles. The van der Waals surface area contributed by atoms with E-state index in [4.69, 9.17) is 15.0 Å². The summed E-state index contributed by atoms with van der Waals surface area (Å²) in [4.78, 5) is 42.3. The first-order chi connectivity index (χ1) is 13.5. The van der Waals surface area contributed by atoms with E-state index in [9.17, 15) is 14.4 Å². The summed E-state index contributed by atoms with van der Waals surface area (Å²) in [6, 6.07) is 2.73. The van der Waals surface area contributed by atoms with Crippen LogP contribution in [0, 0.1) is 0 Å². The number of carbonyl (C=O) groups is 3. The number of nitrogens with one attached hydrogen (secondary N) is 2. The smallest absolute Gasteiger partial charge is 0.328 e. The summed E-state index contributed by atoms with van der Waals surface area (Å²) in [6.45, 7) is 2.65. The number of ether oxygens (including phenoxy) is 2. The van der Waals surface area contributed by atoms with Crippen LogP contribution in [0.25, 0.3) is 5.53 Å². The highest BCUT2D eigenvalue weighted by molar-refractivity contribution is 6.25. The number of esters is 1. The Morgan fingerprint density at radius 1 is 1.32 bits per heavy atom. The molecule has 10 heteroatoms. The molecule has 0 fully saturated rings. The van der Waals surface area contributed by atoms with Crippen LogP contribution in [0.4, 0.5) is 0 Å². The number of hydrogen-bond donors (Lipinski definition) is 2. The summed E-state index contributed by atoms with van der Waals surface area (Å²) in [5.41, 5.74) is 9.42. The fourth-order valence-electron chi connectivity index (χ4n) is 2.12. The van der Waals surface area contributed by atoms with E-state index in [-0.39, 0.29) is 19.4 Å². The number of ketones is 1. The normalized spacial score (nSPS) is 12.4. The first-order valence-electron chi connectivity index (χ1n) is 8.77. The number of carbonyl (C=O) groups excluding carboxylic acids is 3. The number of nitrogens with zero attached hydrogens (tertiary/aromatic N) is 3. The predicted octanol–water partition coefficient (Wildman–Crippen LogP) is -0.116. The number of amides is 1. The van der Waals surface area contributed by atoms with Crippen molar-refractivity contribution in [3.63, 3.8) is 0 Å². The predicted molar refractivity (Wildman–Crippen MR) is 99.2 cm³/mol. The lowest BCUT2D eigenvalue weighted by Crippen LogP contribution is -2.46. The molecule has 0 aliphatic heterocycles. The Labute approximate surface area is 163 Å². The zero-order chi connectivity index (χ0) is 20.8. The van der Waals surface area contributed by atoms with E-state index in [1.807, 2.05) is 12.1 Å². The summed E-state index contributed by atoms with van der Waals surface area (Å²) in [6.07, 6.45) is 3.28. The van der Waals surface area contributed by atoms with Gasteiger partial charge in [0.1, 0.15) is 18.8 Å². The Kier molecular flexibility index (Phi) is 10.9. The summed E-state index contributed by atoms with van der Waals surface area (Å²) in [5, 5.41) is 5.63. The number of hydrogen-bond acceptors (Lipinski definition) is 7. The number of aromatic nitrogens is 1. The molecule has 0 aliphatic rings. The van der Waals surface area contributed by atoms with E-state index < -0.39 is 29.8 Å². The van der Waals surface area contributed by atoms with Gasteiger partial charge in [-0.1, -0.05) is 0 Å². The molecule has 0 spiro atoms. The lowest BCUT2D eigenvalue weighted by molar-refractivity contribution is -0.149. The van der Waals surface area contributed by atoms with Crippen LogP contribution >= 0.6 is 0 Å². The molecular weight excluding hydrogens is 366 g/mol. The van der Waals surface area contributed by atoms with Crippen LogP contribution < -0.4 is 10.6 Å². The second kappa shape index (κ2) is 13.3. The number of methoxy groups -OCH3 is 1. The summed E-state index contributed by atoms with van der Waals surface area (Å²) < 4.78 is 10.1. The number of rotatable bonds is 13. The zero-order valence-corrected chi connectivity index (χ0v) is 16.0. The van der Waals surface area contributed by atoms with Crippen molar-refractivity contribution in [1.29, 1.82) is 0 Å². The molecule has 0 aromatic carbocycles. The maximum absolute atomic E-state index is 12.3. The third-order valence-corrected chi connectivity index (χ3v) is 3.81. The highest BCUT2D eigenvalue weighted by Gasteiger charge is 2.25. The molecule has 0 bridgehead atoms. The minimum Gasteiger partial charge on any atom is -0.463 e. The third-order valence-electron chi connectivity index (χ3n) is 3.81. The van der Waals surface area contributed by atoms with Crippen molar-refractivity contribution in [3.8, 4) is 0 Å². The van der Waals surface area contributed by atoms with Crippen molar-refractivity contribution in [1.82, 2.24) is 15.6 Å². The molecule has 0 saturated heterocycles. The van der Waals surface area contributed by atoms with Crippen molar-refractivity contribution in [3.05, 3.63) is 35.6 Å². The topological polar surface area (TPSA) is 143 Å². The molecule has 152 valence electrons. The van der Waals surface area contributed by atoms with Gasteiger partial charge in [0.25, 0.3) is 0 Å². The molecule has 1 amide bonds.